The molecule has 1 N–H and O–H groups in total. The molecule has 17 heavy (non-hydrogen) atoms. The van der Waals surface area contributed by atoms with Crippen LogP contribution in [0.3, 0.4) is 0 Å². The first-order chi connectivity index (χ1) is 8.08. The molecule has 1 aliphatic heterocycles. The summed E-state index contributed by atoms with van der Waals surface area (Å²) in [6.45, 7) is 13.2. The zero-order valence-corrected chi connectivity index (χ0v) is 12.1. The first-order valence-corrected chi connectivity index (χ1v) is 7.55. The summed E-state index contributed by atoms with van der Waals surface area (Å²) >= 11 is 0. The maximum atomic E-state index is 3.75. The standard InChI is InChI=1S/C15H30N2/c1-11(2)14-10-17(9-13-6-5-7-13)15(8-16-14)12(3)4/h11-16H,5-10H2,1-4H3. The minimum absolute atomic E-state index is 0.699. The van der Waals surface area contributed by atoms with Gasteiger partial charge in [-0.25, -0.2) is 0 Å². The van der Waals surface area contributed by atoms with Crippen molar-refractivity contribution >= 4 is 0 Å². The molecule has 1 saturated carbocycles. The van der Waals surface area contributed by atoms with Crippen molar-refractivity contribution in [3.8, 4) is 0 Å². The van der Waals surface area contributed by atoms with Crippen LogP contribution in [0.1, 0.15) is 47.0 Å². The van der Waals surface area contributed by atoms with E-state index in [1.54, 1.807) is 0 Å². The summed E-state index contributed by atoms with van der Waals surface area (Å²) < 4.78 is 0. The Morgan fingerprint density at radius 2 is 1.82 bits per heavy atom. The van der Waals surface area contributed by atoms with Gasteiger partial charge in [0.05, 0.1) is 0 Å². The Balaban J connectivity index is 1.93. The summed E-state index contributed by atoms with van der Waals surface area (Å²) in [5, 5.41) is 3.75. The lowest BCUT2D eigenvalue weighted by molar-refractivity contribution is 0.0556. The van der Waals surface area contributed by atoms with Gasteiger partial charge >= 0.3 is 0 Å². The highest BCUT2D eigenvalue weighted by Crippen LogP contribution is 2.29. The molecule has 2 heteroatoms. The second-order valence-corrected chi connectivity index (χ2v) is 6.82. The second kappa shape index (κ2) is 5.71. The summed E-state index contributed by atoms with van der Waals surface area (Å²) in [5.41, 5.74) is 0. The van der Waals surface area contributed by atoms with Gasteiger partial charge in [-0.2, -0.15) is 0 Å². The predicted molar refractivity (Wildman–Crippen MR) is 74.2 cm³/mol. The van der Waals surface area contributed by atoms with E-state index in [4.69, 9.17) is 0 Å². The average molecular weight is 238 g/mol. The average Bonchev–Trinajstić information content (AvgIpc) is 2.22. The van der Waals surface area contributed by atoms with E-state index < -0.39 is 0 Å². The molecule has 1 aliphatic carbocycles. The second-order valence-electron chi connectivity index (χ2n) is 6.82. The molecule has 0 aromatic rings. The Morgan fingerprint density at radius 1 is 1.12 bits per heavy atom. The van der Waals surface area contributed by atoms with Crippen LogP contribution in [0.2, 0.25) is 0 Å². The van der Waals surface area contributed by atoms with Crippen LogP contribution in [0, 0.1) is 17.8 Å². The van der Waals surface area contributed by atoms with Gasteiger partial charge in [-0.05, 0) is 30.6 Å². The number of hydrogen-bond donors (Lipinski definition) is 1. The van der Waals surface area contributed by atoms with Gasteiger partial charge in [-0.3, -0.25) is 4.90 Å². The molecule has 0 aromatic heterocycles. The maximum absolute atomic E-state index is 3.75. The third kappa shape index (κ3) is 3.23. The van der Waals surface area contributed by atoms with Gasteiger partial charge < -0.3 is 5.32 Å². The van der Waals surface area contributed by atoms with Gasteiger partial charge in [0.1, 0.15) is 0 Å². The summed E-state index contributed by atoms with van der Waals surface area (Å²) in [6, 6.07) is 1.45. The van der Waals surface area contributed by atoms with Crippen molar-refractivity contribution in [3.63, 3.8) is 0 Å². The van der Waals surface area contributed by atoms with Gasteiger partial charge in [0, 0.05) is 31.7 Å². The van der Waals surface area contributed by atoms with E-state index in [9.17, 15) is 0 Å². The summed E-state index contributed by atoms with van der Waals surface area (Å²) in [5.74, 6) is 2.53. The molecule has 0 bridgehead atoms. The van der Waals surface area contributed by atoms with E-state index in [2.05, 4.69) is 37.9 Å². The maximum Gasteiger partial charge on any atom is 0.0244 e. The number of nitrogens with one attached hydrogen (secondary N) is 1. The lowest BCUT2D eigenvalue weighted by Gasteiger charge is -2.46. The predicted octanol–water partition coefficient (Wildman–Crippen LogP) is 2.74. The first-order valence-electron chi connectivity index (χ1n) is 7.55. The Hall–Kier alpha value is -0.0800. The van der Waals surface area contributed by atoms with Crippen LogP contribution in [0.15, 0.2) is 0 Å². The quantitative estimate of drug-likeness (QED) is 0.810. The SMILES string of the molecule is CC(C)C1CN(CC2CCC2)C(C(C)C)CN1. The highest BCUT2D eigenvalue weighted by Gasteiger charge is 2.33. The molecule has 2 rings (SSSR count). The Labute approximate surface area is 107 Å². The van der Waals surface area contributed by atoms with Crippen LogP contribution in [0.5, 0.6) is 0 Å². The van der Waals surface area contributed by atoms with Crippen LogP contribution >= 0.6 is 0 Å². The fraction of sp³-hybridized carbons (Fsp3) is 1.00. The number of nitrogens with zero attached hydrogens (tertiary/aromatic N) is 1. The van der Waals surface area contributed by atoms with E-state index in [-0.39, 0.29) is 0 Å². The molecule has 2 atom stereocenters. The minimum Gasteiger partial charge on any atom is -0.311 e. The van der Waals surface area contributed by atoms with Crippen LogP contribution in [0.25, 0.3) is 0 Å². The molecule has 0 spiro atoms. The molecule has 2 nitrogen and oxygen atoms in total. The van der Waals surface area contributed by atoms with Crippen LogP contribution in [-0.2, 0) is 0 Å². The van der Waals surface area contributed by atoms with E-state index in [1.165, 1.54) is 38.9 Å². The van der Waals surface area contributed by atoms with Crippen molar-refractivity contribution in [2.24, 2.45) is 17.8 Å². The molecule has 1 saturated heterocycles. The Morgan fingerprint density at radius 3 is 2.29 bits per heavy atom. The molecule has 2 unspecified atom stereocenters. The van der Waals surface area contributed by atoms with E-state index in [0.717, 1.165) is 23.8 Å². The monoisotopic (exact) mass is 238 g/mol. The van der Waals surface area contributed by atoms with Crippen molar-refractivity contribution in [1.82, 2.24) is 10.2 Å². The highest BCUT2D eigenvalue weighted by molar-refractivity contribution is 4.90. The zero-order chi connectivity index (χ0) is 12.4. The minimum atomic E-state index is 0.699. The number of rotatable bonds is 4. The molecule has 2 aliphatic rings. The van der Waals surface area contributed by atoms with Crippen LogP contribution in [0.4, 0.5) is 0 Å². The molecule has 2 fully saturated rings. The zero-order valence-electron chi connectivity index (χ0n) is 12.1. The smallest absolute Gasteiger partial charge is 0.0244 e. The molecular formula is C15H30N2. The third-order valence-electron chi connectivity index (χ3n) is 4.78. The van der Waals surface area contributed by atoms with E-state index >= 15 is 0 Å². The van der Waals surface area contributed by atoms with E-state index in [0.29, 0.717) is 6.04 Å². The molecule has 0 aromatic carbocycles. The largest absolute Gasteiger partial charge is 0.311 e. The van der Waals surface area contributed by atoms with Gasteiger partial charge in [-0.1, -0.05) is 34.1 Å². The highest BCUT2D eigenvalue weighted by atomic mass is 15.2. The first kappa shape index (κ1) is 13.4. The molecule has 100 valence electrons. The van der Waals surface area contributed by atoms with Crippen molar-refractivity contribution < 1.29 is 0 Å². The van der Waals surface area contributed by atoms with Gasteiger partial charge in [0.2, 0.25) is 0 Å². The van der Waals surface area contributed by atoms with Gasteiger partial charge in [0.15, 0.2) is 0 Å². The molecule has 1 heterocycles. The van der Waals surface area contributed by atoms with Crippen LogP contribution < -0.4 is 5.32 Å². The summed E-state index contributed by atoms with van der Waals surface area (Å²) in [6.07, 6.45) is 4.42. The lowest BCUT2D eigenvalue weighted by atomic mass is 9.83. The summed E-state index contributed by atoms with van der Waals surface area (Å²) in [4.78, 5) is 2.79. The molecule has 0 radical (unpaired) electrons. The van der Waals surface area contributed by atoms with E-state index in [1.807, 2.05) is 0 Å². The Bertz CT molecular complexity index is 233. The van der Waals surface area contributed by atoms with Crippen LogP contribution in [-0.4, -0.2) is 36.6 Å². The fourth-order valence-corrected chi connectivity index (χ4v) is 3.17. The number of hydrogen-bond acceptors (Lipinski definition) is 2. The van der Waals surface area contributed by atoms with Gasteiger partial charge in [-0.15, -0.1) is 0 Å². The fourth-order valence-electron chi connectivity index (χ4n) is 3.17. The van der Waals surface area contributed by atoms with Crippen molar-refractivity contribution in [1.29, 1.82) is 0 Å². The van der Waals surface area contributed by atoms with Crippen molar-refractivity contribution in [2.75, 3.05) is 19.6 Å². The lowest BCUT2D eigenvalue weighted by Crippen LogP contribution is -2.60. The molecule has 0 amide bonds. The third-order valence-corrected chi connectivity index (χ3v) is 4.78. The normalized spacial score (nSPS) is 32.1. The summed E-state index contributed by atoms with van der Waals surface area (Å²) in [7, 11) is 0. The topological polar surface area (TPSA) is 15.3 Å². The molecular weight excluding hydrogens is 208 g/mol. The van der Waals surface area contributed by atoms with Gasteiger partial charge in [0.25, 0.3) is 0 Å². The Kier molecular flexibility index (Phi) is 4.48. The van der Waals surface area contributed by atoms with Crippen molar-refractivity contribution in [2.45, 2.75) is 59.0 Å². The number of piperazine rings is 1. The van der Waals surface area contributed by atoms with Crippen molar-refractivity contribution in [3.05, 3.63) is 0 Å².